The van der Waals surface area contributed by atoms with Crippen molar-refractivity contribution < 1.29 is 92.1 Å². The molecule has 0 aliphatic rings. The molecule has 29 heteroatoms. The van der Waals surface area contributed by atoms with E-state index in [1.54, 1.807) is 0 Å². The van der Waals surface area contributed by atoms with E-state index in [4.69, 9.17) is 23.7 Å². The predicted octanol–water partition coefficient (Wildman–Crippen LogP) is 15.8. The molecule has 0 radical (unpaired) electrons. The summed E-state index contributed by atoms with van der Waals surface area (Å²) in [5.41, 5.74) is -3.40. The molecule has 21 nitrogen and oxygen atoms in total. The maximum Gasteiger partial charge on any atom is 0.343 e. The molecule has 8 aromatic rings. The zero-order valence-corrected chi connectivity index (χ0v) is 55.3. The normalized spacial score (nSPS) is 10.7. The van der Waals surface area contributed by atoms with Crippen LogP contribution in [-0.4, -0.2) is 80.0 Å². The highest BCUT2D eigenvalue weighted by molar-refractivity contribution is 9.12. The number of hydrogen-bond donors (Lipinski definition) is 6. The van der Waals surface area contributed by atoms with Gasteiger partial charge in [-0.05, 0) is 197 Å². The van der Waals surface area contributed by atoms with Crippen molar-refractivity contribution in [2.75, 3.05) is 10.6 Å². The highest BCUT2D eigenvalue weighted by Crippen LogP contribution is 2.39. The van der Waals surface area contributed by atoms with Gasteiger partial charge in [0.05, 0.1) is 40.1 Å². The summed E-state index contributed by atoms with van der Waals surface area (Å²) >= 11 is 25.6. The average molecular weight is 1700 g/mol. The van der Waals surface area contributed by atoms with Gasteiger partial charge in [0, 0.05) is 40.4 Å². The summed E-state index contributed by atoms with van der Waals surface area (Å²) in [6, 6.07) is 28.3. The fraction of sp³-hybridized carbons (Fsp3) is 0. The first-order valence-corrected chi connectivity index (χ1v) is 30.1. The molecule has 0 bridgehead atoms. The number of benzene rings is 8. The van der Waals surface area contributed by atoms with Gasteiger partial charge in [-0.15, -0.1) is 0 Å². The van der Waals surface area contributed by atoms with E-state index in [1.807, 2.05) is 0 Å². The number of nitrogens with one attached hydrogen (secondary N) is 2. The SMILES string of the molecule is O=C(Nc1cc(C(=O)Oc2c(Br)cc(Br)cc2C(=O)O)cc(C(=O)Oc2c(Br)cc(Br)cc2C(=O)O)c1)c1ccc(Oc2ccc(C(=O)Nc3cc(C(=O)Oc4c(Br)cc(Br)cc4C(=O)O)cc(C(=O)Oc4c(Br)cc(Br)cc4C(=O)O)c3)cc2)cc1. The highest BCUT2D eigenvalue weighted by Gasteiger charge is 2.28. The van der Waals surface area contributed by atoms with Crippen LogP contribution in [0.15, 0.2) is 169 Å². The van der Waals surface area contributed by atoms with Crippen LogP contribution >= 0.6 is 127 Å². The molecule has 0 heterocycles. The van der Waals surface area contributed by atoms with Crippen molar-refractivity contribution in [3.63, 3.8) is 0 Å². The van der Waals surface area contributed by atoms with E-state index in [0.29, 0.717) is 17.9 Å². The van der Waals surface area contributed by atoms with E-state index < -0.39 is 81.8 Å². The molecule has 87 heavy (non-hydrogen) atoms. The number of aromatic carboxylic acids is 4. The molecule has 0 unspecified atom stereocenters. The van der Waals surface area contributed by atoms with Crippen LogP contribution < -0.4 is 34.3 Å². The number of amides is 2. The van der Waals surface area contributed by atoms with Gasteiger partial charge in [-0.3, -0.25) is 9.59 Å². The third-order valence-electron chi connectivity index (χ3n) is 11.5. The van der Waals surface area contributed by atoms with Gasteiger partial charge >= 0.3 is 47.8 Å². The third kappa shape index (κ3) is 16.0. The Labute approximate surface area is 555 Å². The maximum atomic E-state index is 13.8. The van der Waals surface area contributed by atoms with Crippen molar-refractivity contribution in [3.05, 3.63) is 225 Å². The number of carboxylic acids is 4. The van der Waals surface area contributed by atoms with Crippen LogP contribution in [0.25, 0.3) is 0 Å². The minimum absolute atomic E-state index is 0.0346. The van der Waals surface area contributed by atoms with Gasteiger partial charge in [0.1, 0.15) is 33.8 Å². The van der Waals surface area contributed by atoms with Crippen molar-refractivity contribution in [3.8, 4) is 34.5 Å². The Hall–Kier alpha value is -7.90. The molecule has 6 N–H and O–H groups in total. The quantitative estimate of drug-likeness (QED) is 0.0343. The lowest BCUT2D eigenvalue weighted by Crippen LogP contribution is -2.18. The molecule has 0 spiro atoms. The van der Waals surface area contributed by atoms with Crippen molar-refractivity contribution in [2.24, 2.45) is 0 Å². The Morgan fingerprint density at radius 2 is 0.529 bits per heavy atom. The largest absolute Gasteiger partial charge is 0.478 e. The summed E-state index contributed by atoms with van der Waals surface area (Å²) in [5.74, 6) is -13.1. The van der Waals surface area contributed by atoms with E-state index in [2.05, 4.69) is 138 Å². The molecule has 0 aliphatic heterocycles. The fourth-order valence-electron chi connectivity index (χ4n) is 7.66. The van der Waals surface area contributed by atoms with E-state index in [-0.39, 0.29) is 97.1 Å². The number of esters is 4. The summed E-state index contributed by atoms with van der Waals surface area (Å²) in [4.78, 5) is 131. The minimum atomic E-state index is -1.44. The van der Waals surface area contributed by atoms with Crippen molar-refractivity contribution in [2.45, 2.75) is 0 Å². The Morgan fingerprint density at radius 3 is 0.747 bits per heavy atom. The Bertz CT molecular complexity index is 3800. The maximum absolute atomic E-state index is 13.8. The molecule has 2 amide bonds. The number of hydrogen-bond acceptors (Lipinski definition) is 15. The second-order valence-corrected chi connectivity index (χ2v) is 24.6. The van der Waals surface area contributed by atoms with Gasteiger partial charge in [0.25, 0.3) is 11.8 Å². The van der Waals surface area contributed by atoms with Crippen LogP contribution in [0.4, 0.5) is 11.4 Å². The number of carboxylic acid groups (broad SMARTS) is 4. The summed E-state index contributed by atoms with van der Waals surface area (Å²) in [5, 5.41) is 44.6. The number of ether oxygens (including phenoxy) is 5. The van der Waals surface area contributed by atoms with E-state index in [1.165, 1.54) is 97.1 Å². The van der Waals surface area contributed by atoms with Crippen molar-refractivity contribution >= 4 is 198 Å². The Kier molecular flexibility index (Phi) is 20.8. The van der Waals surface area contributed by atoms with E-state index in [0.717, 1.165) is 36.4 Å². The molecule has 0 aliphatic carbocycles. The third-order valence-corrected chi connectivity index (χ3v) is 15.7. The summed E-state index contributed by atoms with van der Waals surface area (Å²) < 4.78 is 29.6. The molecule has 0 atom stereocenters. The molecule has 0 aromatic heterocycles. The first-order valence-electron chi connectivity index (χ1n) is 23.7. The van der Waals surface area contributed by atoms with Gasteiger partial charge < -0.3 is 54.7 Å². The summed E-state index contributed by atoms with van der Waals surface area (Å²) in [6.45, 7) is 0. The second kappa shape index (κ2) is 27.9. The molecular weight excluding hydrogens is 1670 g/mol. The predicted molar refractivity (Wildman–Crippen MR) is 337 cm³/mol. The van der Waals surface area contributed by atoms with Crippen LogP contribution in [0.1, 0.15) is 104 Å². The first-order chi connectivity index (χ1) is 41.1. The lowest BCUT2D eigenvalue weighted by atomic mass is 10.1. The molecule has 8 rings (SSSR count). The smallest absolute Gasteiger partial charge is 0.343 e. The topological polar surface area (TPSA) is 322 Å². The van der Waals surface area contributed by atoms with Crippen molar-refractivity contribution in [1.29, 1.82) is 0 Å². The lowest BCUT2D eigenvalue weighted by Gasteiger charge is -2.14. The van der Waals surface area contributed by atoms with Crippen molar-refractivity contribution in [1.82, 2.24) is 0 Å². The lowest BCUT2D eigenvalue weighted by molar-refractivity contribution is 0.0658. The van der Waals surface area contributed by atoms with Gasteiger partial charge in [0.15, 0.2) is 23.0 Å². The number of rotatable bonds is 18. The Morgan fingerprint density at radius 1 is 0.299 bits per heavy atom. The van der Waals surface area contributed by atoms with Crippen LogP contribution in [0.2, 0.25) is 0 Å². The standard InChI is InChI=1S/C58H28Br8N2O19/c59-29-15-37(51(71)72)45(41(63)19-29)84-55(79)25-9-26(56(80)85-46-38(52(73)74)16-30(60)20-42(46)64)12-33(11-25)67-49(69)23-1-5-35(6-2-23)83-36-7-3-24(4-8-36)50(70)68-34-13-27(57(81)86-47-39(53(75)76)17-31(61)21-43(47)65)10-28(14-34)58(82)87-48-40(54(77)78)18-32(62)22-44(48)66/h1-22H,(H,67,69)(H,68,70)(H,71,72)(H,73,74)(H,75,76)(H,77,78). The number of carbonyl (C=O) groups excluding carboxylic acids is 6. The highest BCUT2D eigenvalue weighted by atomic mass is 79.9. The number of anilines is 2. The summed E-state index contributed by atoms with van der Waals surface area (Å²) in [7, 11) is 0. The molecule has 440 valence electrons. The number of carbonyl (C=O) groups is 10. The zero-order chi connectivity index (χ0) is 63.3. The van der Waals surface area contributed by atoms with Crippen LogP contribution in [0, 0.1) is 0 Å². The van der Waals surface area contributed by atoms with E-state index in [9.17, 15) is 68.4 Å². The van der Waals surface area contributed by atoms with Gasteiger partial charge in [-0.2, -0.15) is 0 Å². The minimum Gasteiger partial charge on any atom is -0.478 e. The van der Waals surface area contributed by atoms with Crippen LogP contribution in [0.5, 0.6) is 34.5 Å². The molecule has 0 saturated carbocycles. The average Bonchev–Trinajstić information content (AvgIpc) is 1.41. The Balaban J connectivity index is 1.00. The van der Waals surface area contributed by atoms with Crippen LogP contribution in [-0.2, 0) is 0 Å². The molecule has 0 fully saturated rings. The van der Waals surface area contributed by atoms with Gasteiger partial charge in [-0.25, -0.2) is 38.4 Å². The van der Waals surface area contributed by atoms with Gasteiger partial charge in [0.2, 0.25) is 0 Å². The van der Waals surface area contributed by atoms with E-state index >= 15 is 0 Å². The fourth-order valence-corrected chi connectivity index (χ4v) is 12.9. The molecule has 8 aromatic carbocycles. The van der Waals surface area contributed by atoms with Crippen LogP contribution in [0.3, 0.4) is 0 Å². The molecular formula is C58H28Br8N2O19. The molecule has 0 saturated heterocycles. The van der Waals surface area contributed by atoms with Gasteiger partial charge in [-0.1, -0.05) is 63.7 Å². The second-order valence-electron chi connectivity index (χ2n) is 17.5. The monoisotopic (exact) mass is 1690 g/mol. The zero-order valence-electron chi connectivity index (χ0n) is 42.6. The summed E-state index contributed by atoms with van der Waals surface area (Å²) in [6.07, 6.45) is 0. The first kappa shape index (κ1) is 65.1. The number of halogens is 8.